The average molecular weight is 258 g/mol. The second-order valence-corrected chi connectivity index (χ2v) is 6.22. The number of hydrogen-bond acceptors (Lipinski definition) is 2. The van der Waals surface area contributed by atoms with Crippen LogP contribution in [0.5, 0.6) is 0 Å². The summed E-state index contributed by atoms with van der Waals surface area (Å²) in [5, 5.41) is 3.59. The van der Waals surface area contributed by atoms with Gasteiger partial charge in [0, 0.05) is 30.4 Å². The molecule has 1 saturated heterocycles. The van der Waals surface area contributed by atoms with Crippen molar-refractivity contribution in [1.82, 2.24) is 0 Å². The zero-order valence-corrected chi connectivity index (χ0v) is 11.8. The van der Waals surface area contributed by atoms with Gasteiger partial charge in [0.05, 0.1) is 0 Å². The highest BCUT2D eigenvalue weighted by atomic mass is 16.2. The molecule has 1 unspecified atom stereocenters. The van der Waals surface area contributed by atoms with E-state index in [0.29, 0.717) is 17.9 Å². The molecule has 0 aromatic heterocycles. The molecule has 1 saturated carbocycles. The predicted octanol–water partition coefficient (Wildman–Crippen LogP) is 3.41. The molecule has 1 amide bonds. The summed E-state index contributed by atoms with van der Waals surface area (Å²) in [5.41, 5.74) is 2.61. The van der Waals surface area contributed by atoms with Crippen LogP contribution in [0.1, 0.15) is 39.5 Å². The van der Waals surface area contributed by atoms with E-state index in [-0.39, 0.29) is 5.91 Å². The maximum Gasteiger partial charge on any atom is 0.227 e. The number of hydrogen-bond donors (Lipinski definition) is 1. The van der Waals surface area contributed by atoms with Gasteiger partial charge in [-0.25, -0.2) is 0 Å². The van der Waals surface area contributed by atoms with Crippen LogP contribution in [-0.4, -0.2) is 18.5 Å². The van der Waals surface area contributed by atoms with Crippen molar-refractivity contribution in [1.29, 1.82) is 0 Å². The van der Waals surface area contributed by atoms with E-state index in [0.717, 1.165) is 24.3 Å². The van der Waals surface area contributed by atoms with Crippen molar-refractivity contribution >= 4 is 17.3 Å². The number of nitrogens with zero attached hydrogens (tertiary/aromatic N) is 1. The predicted molar refractivity (Wildman–Crippen MR) is 78.5 cm³/mol. The molecule has 3 rings (SSSR count). The summed E-state index contributed by atoms with van der Waals surface area (Å²) in [7, 11) is 0. The van der Waals surface area contributed by atoms with Crippen molar-refractivity contribution in [2.75, 3.05) is 16.8 Å². The molecule has 2 fully saturated rings. The fraction of sp³-hybridized carbons (Fsp3) is 0.562. The Kier molecular flexibility index (Phi) is 3.00. The first-order valence-corrected chi connectivity index (χ1v) is 7.25. The molecule has 1 aromatic rings. The standard InChI is InChI=1S/C16H22N2O/c1-12(16(2)8-9-16)17-13-5-3-6-14(11-13)18-10-4-7-15(18)19/h3,5-6,11-12,17H,4,7-10H2,1-2H3. The van der Waals surface area contributed by atoms with Crippen LogP contribution in [0.25, 0.3) is 0 Å². The largest absolute Gasteiger partial charge is 0.382 e. The van der Waals surface area contributed by atoms with Crippen LogP contribution < -0.4 is 10.2 Å². The molecule has 3 heteroatoms. The normalized spacial score (nSPS) is 22.4. The molecule has 102 valence electrons. The van der Waals surface area contributed by atoms with Crippen molar-refractivity contribution in [2.24, 2.45) is 5.41 Å². The van der Waals surface area contributed by atoms with E-state index in [1.165, 1.54) is 12.8 Å². The second kappa shape index (κ2) is 4.55. The van der Waals surface area contributed by atoms with Gasteiger partial charge in [-0.2, -0.15) is 0 Å². The Morgan fingerprint density at radius 3 is 2.79 bits per heavy atom. The second-order valence-electron chi connectivity index (χ2n) is 6.22. The molecule has 1 aliphatic carbocycles. The van der Waals surface area contributed by atoms with E-state index >= 15 is 0 Å². The van der Waals surface area contributed by atoms with Crippen LogP contribution >= 0.6 is 0 Å². The smallest absolute Gasteiger partial charge is 0.227 e. The summed E-state index contributed by atoms with van der Waals surface area (Å²) in [6.45, 7) is 5.44. The minimum atomic E-state index is 0.249. The van der Waals surface area contributed by atoms with Crippen LogP contribution in [0.4, 0.5) is 11.4 Å². The van der Waals surface area contributed by atoms with Crippen molar-refractivity contribution in [3.05, 3.63) is 24.3 Å². The lowest BCUT2D eigenvalue weighted by Crippen LogP contribution is -2.26. The first-order valence-electron chi connectivity index (χ1n) is 7.25. The number of nitrogens with one attached hydrogen (secondary N) is 1. The minimum absolute atomic E-state index is 0.249. The number of rotatable bonds is 4. The van der Waals surface area contributed by atoms with Crippen LogP contribution in [0, 0.1) is 5.41 Å². The molecule has 0 radical (unpaired) electrons. The Balaban J connectivity index is 1.74. The Morgan fingerprint density at radius 2 is 2.16 bits per heavy atom. The van der Waals surface area contributed by atoms with Gasteiger partial charge >= 0.3 is 0 Å². The van der Waals surface area contributed by atoms with Gasteiger partial charge in [0.25, 0.3) is 0 Å². The van der Waals surface area contributed by atoms with E-state index in [1.807, 2.05) is 17.0 Å². The molecule has 2 aliphatic rings. The fourth-order valence-electron chi connectivity index (χ4n) is 2.74. The van der Waals surface area contributed by atoms with Gasteiger partial charge in [-0.05, 0) is 49.8 Å². The number of anilines is 2. The van der Waals surface area contributed by atoms with E-state index in [9.17, 15) is 4.79 Å². The third-order valence-electron chi connectivity index (χ3n) is 4.70. The molecule has 1 heterocycles. The first kappa shape index (κ1) is 12.5. The van der Waals surface area contributed by atoms with Crippen molar-refractivity contribution in [3.8, 4) is 0 Å². The highest BCUT2D eigenvalue weighted by Gasteiger charge is 2.42. The van der Waals surface area contributed by atoms with Gasteiger partial charge in [0.2, 0.25) is 5.91 Å². The van der Waals surface area contributed by atoms with E-state index in [1.54, 1.807) is 0 Å². The molecular formula is C16H22N2O. The van der Waals surface area contributed by atoms with Crippen LogP contribution in [0.15, 0.2) is 24.3 Å². The average Bonchev–Trinajstić information content (AvgIpc) is 3.00. The monoisotopic (exact) mass is 258 g/mol. The van der Waals surface area contributed by atoms with Crippen LogP contribution in [0.2, 0.25) is 0 Å². The maximum atomic E-state index is 11.8. The fourth-order valence-corrected chi connectivity index (χ4v) is 2.74. The lowest BCUT2D eigenvalue weighted by molar-refractivity contribution is -0.117. The minimum Gasteiger partial charge on any atom is -0.382 e. The van der Waals surface area contributed by atoms with Crippen molar-refractivity contribution in [3.63, 3.8) is 0 Å². The van der Waals surface area contributed by atoms with Gasteiger partial charge in [0.15, 0.2) is 0 Å². The molecule has 1 aliphatic heterocycles. The van der Waals surface area contributed by atoms with Gasteiger partial charge in [-0.1, -0.05) is 13.0 Å². The zero-order valence-electron chi connectivity index (χ0n) is 11.8. The van der Waals surface area contributed by atoms with E-state index in [2.05, 4.69) is 31.3 Å². The summed E-state index contributed by atoms with van der Waals surface area (Å²) in [4.78, 5) is 13.7. The molecular weight excluding hydrogens is 236 g/mol. The van der Waals surface area contributed by atoms with Gasteiger partial charge in [-0.15, -0.1) is 0 Å². The molecule has 1 atom stereocenters. The SMILES string of the molecule is CC(Nc1cccc(N2CCCC2=O)c1)C1(C)CC1. The third-order valence-corrected chi connectivity index (χ3v) is 4.70. The van der Waals surface area contributed by atoms with E-state index in [4.69, 9.17) is 0 Å². The highest BCUT2D eigenvalue weighted by molar-refractivity contribution is 5.95. The zero-order chi connectivity index (χ0) is 13.5. The Morgan fingerprint density at radius 1 is 1.37 bits per heavy atom. The lowest BCUT2D eigenvalue weighted by atomic mass is 10.0. The summed E-state index contributed by atoms with van der Waals surface area (Å²) in [6.07, 6.45) is 4.29. The Labute approximate surface area is 115 Å². The van der Waals surface area contributed by atoms with E-state index < -0.39 is 0 Å². The summed E-state index contributed by atoms with van der Waals surface area (Å²) in [6, 6.07) is 8.73. The molecule has 0 bridgehead atoms. The third kappa shape index (κ3) is 2.46. The number of carbonyl (C=O) groups is 1. The quantitative estimate of drug-likeness (QED) is 0.897. The topological polar surface area (TPSA) is 32.3 Å². The molecule has 1 N–H and O–H groups in total. The Bertz CT molecular complexity index is 493. The van der Waals surface area contributed by atoms with Gasteiger partial charge in [0.1, 0.15) is 0 Å². The Hall–Kier alpha value is -1.51. The van der Waals surface area contributed by atoms with Crippen molar-refractivity contribution < 1.29 is 4.79 Å². The number of amides is 1. The van der Waals surface area contributed by atoms with Crippen molar-refractivity contribution in [2.45, 2.75) is 45.6 Å². The number of benzene rings is 1. The summed E-state index contributed by atoms with van der Waals surface area (Å²) < 4.78 is 0. The molecule has 1 aromatic carbocycles. The van der Waals surface area contributed by atoms with Crippen LogP contribution in [-0.2, 0) is 4.79 Å². The van der Waals surface area contributed by atoms with Gasteiger partial charge < -0.3 is 10.2 Å². The summed E-state index contributed by atoms with van der Waals surface area (Å²) >= 11 is 0. The van der Waals surface area contributed by atoms with Gasteiger partial charge in [-0.3, -0.25) is 4.79 Å². The molecule has 19 heavy (non-hydrogen) atoms. The number of carbonyl (C=O) groups excluding carboxylic acids is 1. The summed E-state index contributed by atoms with van der Waals surface area (Å²) in [5.74, 6) is 0.249. The lowest BCUT2D eigenvalue weighted by Gasteiger charge is -2.23. The maximum absolute atomic E-state index is 11.8. The highest BCUT2D eigenvalue weighted by Crippen LogP contribution is 2.48. The van der Waals surface area contributed by atoms with Crippen LogP contribution in [0.3, 0.4) is 0 Å². The first-order chi connectivity index (χ1) is 9.08. The molecule has 3 nitrogen and oxygen atoms in total. The molecule has 0 spiro atoms.